The van der Waals surface area contributed by atoms with Gasteiger partial charge in [-0.05, 0) is 31.0 Å². The highest BCUT2D eigenvalue weighted by Crippen LogP contribution is 2.38. The van der Waals surface area contributed by atoms with E-state index >= 15 is 0 Å². The first-order chi connectivity index (χ1) is 9.60. The van der Waals surface area contributed by atoms with Gasteiger partial charge in [0.1, 0.15) is 5.75 Å². The molecule has 0 radical (unpaired) electrons. The standard InChI is InChI=1S/C17H26Br2O/c1-4-5-6-7-8-9-10-15(18)14-12-16(19)13(2)11-17(14)20-3/h11-12,15H,4-10H2,1-3H3. The fraction of sp³-hybridized carbons (Fsp3) is 0.647. The fourth-order valence-electron chi connectivity index (χ4n) is 2.35. The van der Waals surface area contributed by atoms with Crippen molar-refractivity contribution in [1.29, 1.82) is 0 Å². The average Bonchev–Trinajstić information content (AvgIpc) is 2.44. The van der Waals surface area contributed by atoms with Crippen LogP contribution in [0.15, 0.2) is 16.6 Å². The Morgan fingerprint density at radius 2 is 1.75 bits per heavy atom. The summed E-state index contributed by atoms with van der Waals surface area (Å²) in [6.45, 7) is 4.35. The highest BCUT2D eigenvalue weighted by atomic mass is 79.9. The molecule has 0 N–H and O–H groups in total. The Morgan fingerprint density at radius 1 is 1.10 bits per heavy atom. The summed E-state index contributed by atoms with van der Waals surface area (Å²) in [4.78, 5) is 0.375. The van der Waals surface area contributed by atoms with Gasteiger partial charge >= 0.3 is 0 Å². The van der Waals surface area contributed by atoms with E-state index in [0.717, 1.165) is 16.6 Å². The number of methoxy groups -OCH3 is 1. The predicted octanol–water partition coefficient (Wildman–Crippen LogP) is 6.95. The van der Waals surface area contributed by atoms with Crippen molar-refractivity contribution in [1.82, 2.24) is 0 Å². The minimum atomic E-state index is 0.375. The van der Waals surface area contributed by atoms with Gasteiger partial charge in [-0.25, -0.2) is 0 Å². The van der Waals surface area contributed by atoms with Gasteiger partial charge in [0.25, 0.3) is 0 Å². The molecule has 1 atom stereocenters. The topological polar surface area (TPSA) is 9.23 Å². The largest absolute Gasteiger partial charge is 0.496 e. The highest BCUT2D eigenvalue weighted by Gasteiger charge is 2.14. The summed E-state index contributed by atoms with van der Waals surface area (Å²) in [5.41, 5.74) is 2.46. The van der Waals surface area contributed by atoms with Gasteiger partial charge in [-0.2, -0.15) is 0 Å². The molecule has 1 nitrogen and oxygen atoms in total. The Labute approximate surface area is 140 Å². The van der Waals surface area contributed by atoms with Gasteiger partial charge in [0.05, 0.1) is 7.11 Å². The summed E-state index contributed by atoms with van der Waals surface area (Å²) in [5, 5.41) is 0. The van der Waals surface area contributed by atoms with Crippen molar-refractivity contribution in [3.8, 4) is 5.75 Å². The molecule has 0 saturated carbocycles. The molecule has 0 spiro atoms. The first-order valence-corrected chi connectivity index (χ1v) is 9.29. The number of hydrogen-bond donors (Lipinski definition) is 0. The van der Waals surface area contributed by atoms with Crippen LogP contribution >= 0.6 is 31.9 Å². The van der Waals surface area contributed by atoms with Crippen LogP contribution in [0.25, 0.3) is 0 Å². The molecule has 0 bridgehead atoms. The van der Waals surface area contributed by atoms with Crippen LogP contribution in [0, 0.1) is 6.92 Å². The molecule has 0 aliphatic rings. The first-order valence-electron chi connectivity index (χ1n) is 7.58. The molecule has 1 aromatic carbocycles. The molecular formula is C17H26Br2O. The van der Waals surface area contributed by atoms with E-state index in [2.05, 4.69) is 57.8 Å². The number of alkyl halides is 1. The lowest BCUT2D eigenvalue weighted by atomic mass is 10.0. The lowest BCUT2D eigenvalue weighted by Crippen LogP contribution is -1.97. The third-order valence-electron chi connectivity index (χ3n) is 3.66. The number of benzene rings is 1. The molecule has 0 amide bonds. The summed E-state index contributed by atoms with van der Waals surface area (Å²) >= 11 is 7.43. The number of halogens is 2. The molecule has 1 rings (SSSR count). The summed E-state index contributed by atoms with van der Waals surface area (Å²) in [5.74, 6) is 0.985. The zero-order valence-electron chi connectivity index (χ0n) is 12.8. The zero-order valence-corrected chi connectivity index (χ0v) is 16.0. The highest BCUT2D eigenvalue weighted by molar-refractivity contribution is 9.10. The summed E-state index contributed by atoms with van der Waals surface area (Å²) in [6, 6.07) is 4.29. The summed E-state index contributed by atoms with van der Waals surface area (Å²) < 4.78 is 6.66. The van der Waals surface area contributed by atoms with E-state index in [4.69, 9.17) is 4.74 Å². The average molecular weight is 406 g/mol. The molecule has 1 unspecified atom stereocenters. The van der Waals surface area contributed by atoms with Crippen LogP contribution in [0.2, 0.25) is 0 Å². The fourth-order valence-corrected chi connectivity index (χ4v) is 3.39. The molecule has 0 heterocycles. The Balaban J connectivity index is 2.50. The van der Waals surface area contributed by atoms with E-state index in [9.17, 15) is 0 Å². The molecule has 3 heteroatoms. The van der Waals surface area contributed by atoms with Gasteiger partial charge in [0.2, 0.25) is 0 Å². The lowest BCUT2D eigenvalue weighted by molar-refractivity contribution is 0.408. The van der Waals surface area contributed by atoms with Gasteiger partial charge < -0.3 is 4.74 Å². The van der Waals surface area contributed by atoms with Crippen molar-refractivity contribution >= 4 is 31.9 Å². The molecular weight excluding hydrogens is 380 g/mol. The summed E-state index contributed by atoms with van der Waals surface area (Å²) in [6.07, 6.45) is 9.20. The third-order valence-corrected chi connectivity index (χ3v) is 5.46. The van der Waals surface area contributed by atoms with Crippen LogP contribution in [-0.2, 0) is 0 Å². The van der Waals surface area contributed by atoms with E-state index in [1.165, 1.54) is 49.7 Å². The van der Waals surface area contributed by atoms with Crippen LogP contribution in [0.5, 0.6) is 5.75 Å². The van der Waals surface area contributed by atoms with Gasteiger partial charge in [-0.3, -0.25) is 0 Å². The number of unbranched alkanes of at least 4 members (excludes halogenated alkanes) is 5. The third kappa shape index (κ3) is 5.77. The van der Waals surface area contributed by atoms with Gasteiger partial charge in [0.15, 0.2) is 0 Å². The first kappa shape index (κ1) is 18.0. The van der Waals surface area contributed by atoms with Gasteiger partial charge in [0, 0.05) is 14.9 Å². The van der Waals surface area contributed by atoms with Crippen LogP contribution in [-0.4, -0.2) is 7.11 Å². The number of hydrogen-bond acceptors (Lipinski definition) is 1. The molecule has 0 fully saturated rings. The molecule has 114 valence electrons. The van der Waals surface area contributed by atoms with Crippen molar-refractivity contribution in [2.75, 3.05) is 7.11 Å². The molecule has 0 aromatic heterocycles. The van der Waals surface area contributed by atoms with Crippen molar-refractivity contribution in [2.24, 2.45) is 0 Å². The van der Waals surface area contributed by atoms with Gasteiger partial charge in [-0.15, -0.1) is 0 Å². The number of aryl methyl sites for hydroxylation is 1. The second-order valence-electron chi connectivity index (χ2n) is 5.37. The van der Waals surface area contributed by atoms with Gasteiger partial charge in [-0.1, -0.05) is 77.3 Å². The molecule has 0 saturated heterocycles. The van der Waals surface area contributed by atoms with E-state index in [1.54, 1.807) is 7.11 Å². The molecule has 0 aliphatic carbocycles. The summed E-state index contributed by atoms with van der Waals surface area (Å²) in [7, 11) is 1.75. The van der Waals surface area contributed by atoms with Crippen LogP contribution in [0.3, 0.4) is 0 Å². The quantitative estimate of drug-likeness (QED) is 0.319. The molecule has 0 aliphatic heterocycles. The maximum Gasteiger partial charge on any atom is 0.123 e. The van der Waals surface area contributed by atoms with Crippen LogP contribution < -0.4 is 4.74 Å². The van der Waals surface area contributed by atoms with Crippen molar-refractivity contribution in [3.05, 3.63) is 27.7 Å². The second-order valence-corrected chi connectivity index (χ2v) is 7.33. The van der Waals surface area contributed by atoms with Crippen molar-refractivity contribution < 1.29 is 4.74 Å². The van der Waals surface area contributed by atoms with Crippen molar-refractivity contribution in [2.45, 2.75) is 63.6 Å². The lowest BCUT2D eigenvalue weighted by Gasteiger charge is -2.16. The van der Waals surface area contributed by atoms with E-state index in [-0.39, 0.29) is 0 Å². The monoisotopic (exact) mass is 404 g/mol. The zero-order chi connectivity index (χ0) is 15.0. The van der Waals surface area contributed by atoms with E-state index in [0.29, 0.717) is 4.83 Å². The van der Waals surface area contributed by atoms with Crippen LogP contribution in [0.4, 0.5) is 0 Å². The Morgan fingerprint density at radius 3 is 2.40 bits per heavy atom. The molecule has 20 heavy (non-hydrogen) atoms. The Kier molecular flexibility index (Phi) is 8.86. The SMILES string of the molecule is CCCCCCCCC(Br)c1cc(Br)c(C)cc1OC. The number of ether oxygens (including phenoxy) is 1. The maximum atomic E-state index is 5.51. The predicted molar refractivity (Wildman–Crippen MR) is 95.1 cm³/mol. The van der Waals surface area contributed by atoms with Crippen molar-refractivity contribution in [3.63, 3.8) is 0 Å². The van der Waals surface area contributed by atoms with Crippen LogP contribution in [0.1, 0.15) is 67.8 Å². The van der Waals surface area contributed by atoms with E-state index in [1.807, 2.05) is 0 Å². The minimum absolute atomic E-state index is 0.375. The van der Waals surface area contributed by atoms with E-state index < -0.39 is 0 Å². The Hall–Kier alpha value is -0.0200. The Bertz CT molecular complexity index is 404. The minimum Gasteiger partial charge on any atom is -0.496 e. The normalized spacial score (nSPS) is 12.4. The maximum absolute atomic E-state index is 5.51. The second kappa shape index (κ2) is 9.83. The number of rotatable bonds is 9. The smallest absolute Gasteiger partial charge is 0.123 e. The molecule has 1 aromatic rings.